The Balaban J connectivity index is 1.95. The molecular weight excluding hydrogens is 266 g/mol. The summed E-state index contributed by atoms with van der Waals surface area (Å²) in [4.78, 5) is 0. The van der Waals surface area contributed by atoms with Gasteiger partial charge in [-0.1, -0.05) is 0 Å². The van der Waals surface area contributed by atoms with Gasteiger partial charge < -0.3 is 5.73 Å². The second kappa shape index (κ2) is 4.30. The molecular formula is C11H13N5O2S. The average Bonchev–Trinajstić information content (AvgIpc) is 2.93. The summed E-state index contributed by atoms with van der Waals surface area (Å²) in [7, 11) is -2.95. The Labute approximate surface area is 110 Å². The molecule has 0 bridgehead atoms. The van der Waals surface area contributed by atoms with E-state index in [1.807, 2.05) is 0 Å². The van der Waals surface area contributed by atoms with Gasteiger partial charge in [0, 0.05) is 11.6 Å². The lowest BCUT2D eigenvalue weighted by Crippen LogP contribution is -2.14. The van der Waals surface area contributed by atoms with E-state index in [4.69, 9.17) is 5.73 Å². The molecule has 3 rings (SSSR count). The normalized spacial score (nSPS) is 21.6. The summed E-state index contributed by atoms with van der Waals surface area (Å²) in [5, 5.41) is 11.9. The van der Waals surface area contributed by atoms with Crippen LogP contribution in [0.5, 0.6) is 0 Å². The first-order valence-corrected chi connectivity index (χ1v) is 7.70. The summed E-state index contributed by atoms with van der Waals surface area (Å²) in [5.41, 5.74) is 7.40. The van der Waals surface area contributed by atoms with Gasteiger partial charge in [-0.3, -0.25) is 0 Å². The SMILES string of the molecule is Nc1cc(-c2ccnnc2)nn1C1CCS(=O)(=O)C1. The van der Waals surface area contributed by atoms with Crippen LogP contribution in [0, 0.1) is 0 Å². The largest absolute Gasteiger partial charge is 0.384 e. The summed E-state index contributed by atoms with van der Waals surface area (Å²) < 4.78 is 24.6. The maximum absolute atomic E-state index is 11.5. The molecule has 1 fully saturated rings. The van der Waals surface area contributed by atoms with Crippen molar-refractivity contribution in [1.29, 1.82) is 0 Å². The number of hydrogen-bond acceptors (Lipinski definition) is 6. The van der Waals surface area contributed by atoms with E-state index >= 15 is 0 Å². The minimum Gasteiger partial charge on any atom is -0.384 e. The molecule has 100 valence electrons. The Morgan fingerprint density at radius 3 is 2.84 bits per heavy atom. The third-order valence-electron chi connectivity index (χ3n) is 3.20. The summed E-state index contributed by atoms with van der Waals surface area (Å²) in [6.45, 7) is 0. The van der Waals surface area contributed by atoms with Crippen molar-refractivity contribution >= 4 is 15.7 Å². The van der Waals surface area contributed by atoms with Gasteiger partial charge in [0.1, 0.15) is 5.82 Å². The molecule has 1 unspecified atom stereocenters. The topological polar surface area (TPSA) is 104 Å². The summed E-state index contributed by atoms with van der Waals surface area (Å²) in [6.07, 6.45) is 3.73. The van der Waals surface area contributed by atoms with Gasteiger partial charge in [-0.2, -0.15) is 15.3 Å². The molecule has 2 N–H and O–H groups in total. The van der Waals surface area contributed by atoms with Gasteiger partial charge in [-0.05, 0) is 12.5 Å². The van der Waals surface area contributed by atoms with Gasteiger partial charge in [0.05, 0.1) is 35.6 Å². The van der Waals surface area contributed by atoms with E-state index in [1.165, 1.54) is 0 Å². The van der Waals surface area contributed by atoms with Crippen molar-refractivity contribution in [3.05, 3.63) is 24.5 Å². The molecule has 0 saturated carbocycles. The lowest BCUT2D eigenvalue weighted by atomic mass is 10.2. The van der Waals surface area contributed by atoms with Crippen LogP contribution in [0.1, 0.15) is 12.5 Å². The van der Waals surface area contributed by atoms with Crippen LogP contribution in [-0.4, -0.2) is 39.9 Å². The number of nitrogens with zero attached hydrogens (tertiary/aromatic N) is 4. The smallest absolute Gasteiger partial charge is 0.152 e. The zero-order chi connectivity index (χ0) is 13.5. The van der Waals surface area contributed by atoms with Crippen LogP contribution in [0.2, 0.25) is 0 Å². The highest BCUT2D eigenvalue weighted by Gasteiger charge is 2.31. The van der Waals surface area contributed by atoms with Crippen molar-refractivity contribution in [2.75, 3.05) is 17.2 Å². The van der Waals surface area contributed by atoms with Crippen LogP contribution >= 0.6 is 0 Å². The molecule has 0 aliphatic carbocycles. The first-order valence-electron chi connectivity index (χ1n) is 5.88. The minimum absolute atomic E-state index is 0.104. The zero-order valence-electron chi connectivity index (χ0n) is 10.1. The fraction of sp³-hybridized carbons (Fsp3) is 0.364. The van der Waals surface area contributed by atoms with Crippen molar-refractivity contribution in [3.63, 3.8) is 0 Å². The monoisotopic (exact) mass is 279 g/mol. The molecule has 1 saturated heterocycles. The molecule has 3 heterocycles. The van der Waals surface area contributed by atoms with E-state index in [1.54, 1.807) is 29.2 Å². The van der Waals surface area contributed by atoms with E-state index < -0.39 is 9.84 Å². The Kier molecular flexibility index (Phi) is 2.74. The number of rotatable bonds is 2. The quantitative estimate of drug-likeness (QED) is 0.847. The second-order valence-electron chi connectivity index (χ2n) is 4.59. The van der Waals surface area contributed by atoms with Crippen molar-refractivity contribution < 1.29 is 8.42 Å². The summed E-state index contributed by atoms with van der Waals surface area (Å²) >= 11 is 0. The molecule has 0 amide bonds. The predicted octanol–water partition coefficient (Wildman–Crippen LogP) is 0.282. The molecule has 1 atom stereocenters. The first-order chi connectivity index (χ1) is 9.05. The van der Waals surface area contributed by atoms with Gasteiger partial charge in [0.2, 0.25) is 0 Å². The third-order valence-corrected chi connectivity index (χ3v) is 4.95. The van der Waals surface area contributed by atoms with Crippen LogP contribution < -0.4 is 5.73 Å². The van der Waals surface area contributed by atoms with Crippen LogP contribution in [0.25, 0.3) is 11.3 Å². The third kappa shape index (κ3) is 2.30. The van der Waals surface area contributed by atoms with Crippen molar-refractivity contribution in [3.8, 4) is 11.3 Å². The Hall–Kier alpha value is -1.96. The number of aromatic nitrogens is 4. The minimum atomic E-state index is -2.95. The Morgan fingerprint density at radius 2 is 2.21 bits per heavy atom. The lowest BCUT2D eigenvalue weighted by Gasteiger charge is -2.09. The molecule has 2 aromatic heterocycles. The van der Waals surface area contributed by atoms with E-state index in [0.717, 1.165) is 5.56 Å². The van der Waals surface area contributed by atoms with Gasteiger partial charge in [-0.15, -0.1) is 0 Å². The van der Waals surface area contributed by atoms with Crippen molar-refractivity contribution in [2.24, 2.45) is 0 Å². The molecule has 19 heavy (non-hydrogen) atoms. The molecule has 2 aromatic rings. The molecule has 0 spiro atoms. The highest BCUT2D eigenvalue weighted by atomic mass is 32.2. The van der Waals surface area contributed by atoms with Crippen LogP contribution in [-0.2, 0) is 9.84 Å². The molecule has 7 nitrogen and oxygen atoms in total. The molecule has 0 radical (unpaired) electrons. The Bertz CT molecular complexity index is 695. The molecule has 0 aromatic carbocycles. The Morgan fingerprint density at radius 1 is 1.37 bits per heavy atom. The first kappa shape index (κ1) is 12.1. The number of sulfone groups is 1. The van der Waals surface area contributed by atoms with E-state index in [9.17, 15) is 8.42 Å². The van der Waals surface area contributed by atoms with Gasteiger partial charge in [0.25, 0.3) is 0 Å². The maximum Gasteiger partial charge on any atom is 0.152 e. The number of nitrogens with two attached hydrogens (primary N) is 1. The van der Waals surface area contributed by atoms with Crippen molar-refractivity contribution in [1.82, 2.24) is 20.0 Å². The summed E-state index contributed by atoms with van der Waals surface area (Å²) in [6, 6.07) is 3.33. The highest BCUT2D eigenvalue weighted by Crippen LogP contribution is 2.28. The van der Waals surface area contributed by atoms with Crippen LogP contribution in [0.15, 0.2) is 24.5 Å². The predicted molar refractivity (Wildman–Crippen MR) is 70.0 cm³/mol. The maximum atomic E-state index is 11.5. The fourth-order valence-electron chi connectivity index (χ4n) is 2.25. The lowest BCUT2D eigenvalue weighted by molar-refractivity contribution is 0.508. The number of anilines is 1. The summed E-state index contributed by atoms with van der Waals surface area (Å²) in [5.74, 6) is 0.768. The molecule has 8 heteroatoms. The fourth-order valence-corrected chi connectivity index (χ4v) is 3.94. The van der Waals surface area contributed by atoms with Gasteiger partial charge in [-0.25, -0.2) is 13.1 Å². The number of nitrogen functional groups attached to an aromatic ring is 1. The van der Waals surface area contributed by atoms with Crippen molar-refractivity contribution in [2.45, 2.75) is 12.5 Å². The molecule has 1 aliphatic rings. The van der Waals surface area contributed by atoms with E-state index in [2.05, 4.69) is 15.3 Å². The highest BCUT2D eigenvalue weighted by molar-refractivity contribution is 7.91. The van der Waals surface area contributed by atoms with Crippen LogP contribution in [0.3, 0.4) is 0 Å². The number of hydrogen-bond donors (Lipinski definition) is 1. The standard InChI is InChI=1S/C11H13N5O2S/c12-11-5-10(8-1-3-13-14-6-8)15-16(11)9-2-4-19(17,18)7-9/h1,3,5-6,9H,2,4,7,12H2. The van der Waals surface area contributed by atoms with Crippen LogP contribution in [0.4, 0.5) is 5.82 Å². The van der Waals surface area contributed by atoms with Gasteiger partial charge in [0.15, 0.2) is 9.84 Å². The molecule has 1 aliphatic heterocycles. The second-order valence-corrected chi connectivity index (χ2v) is 6.82. The van der Waals surface area contributed by atoms with E-state index in [0.29, 0.717) is 17.9 Å². The van der Waals surface area contributed by atoms with Gasteiger partial charge >= 0.3 is 0 Å². The zero-order valence-corrected chi connectivity index (χ0v) is 10.9. The average molecular weight is 279 g/mol. The van der Waals surface area contributed by atoms with E-state index in [-0.39, 0.29) is 17.5 Å².